The number of carbonyl (C=O) groups excluding carboxylic acids is 1. The summed E-state index contributed by atoms with van der Waals surface area (Å²) in [6.45, 7) is 3.73. The molecule has 0 aromatic heterocycles. The first kappa shape index (κ1) is 11.4. The van der Waals surface area contributed by atoms with Crippen LogP contribution in [0.3, 0.4) is 0 Å². The van der Waals surface area contributed by atoms with Gasteiger partial charge in [0.05, 0.1) is 12.2 Å². The molecule has 0 amide bonds. The van der Waals surface area contributed by atoms with Gasteiger partial charge < -0.3 is 10.2 Å². The van der Waals surface area contributed by atoms with Crippen LogP contribution in [0.25, 0.3) is 0 Å². The fourth-order valence-corrected chi connectivity index (χ4v) is 1.75. The molecule has 1 aliphatic rings. The van der Waals surface area contributed by atoms with Crippen molar-refractivity contribution in [3.05, 3.63) is 11.1 Å². The summed E-state index contributed by atoms with van der Waals surface area (Å²) in [5.41, 5.74) is 1.79. The van der Waals surface area contributed by atoms with Crippen LogP contribution in [0.5, 0.6) is 0 Å². The fraction of sp³-hybridized carbons (Fsp3) is 0.727. The third-order valence-corrected chi connectivity index (χ3v) is 2.85. The molecule has 2 atom stereocenters. The van der Waals surface area contributed by atoms with Gasteiger partial charge in [-0.15, -0.1) is 0 Å². The highest BCUT2D eigenvalue weighted by atomic mass is 16.3. The lowest BCUT2D eigenvalue weighted by Crippen LogP contribution is -2.26. The van der Waals surface area contributed by atoms with Crippen molar-refractivity contribution >= 4 is 5.78 Å². The Kier molecular flexibility index (Phi) is 3.84. The summed E-state index contributed by atoms with van der Waals surface area (Å²) >= 11 is 0. The Balaban J connectivity index is 2.59. The highest BCUT2D eigenvalue weighted by molar-refractivity contribution is 5.98. The van der Waals surface area contributed by atoms with Crippen molar-refractivity contribution in [3.8, 4) is 0 Å². The van der Waals surface area contributed by atoms with Gasteiger partial charge in [0.15, 0.2) is 5.78 Å². The van der Waals surface area contributed by atoms with Crippen LogP contribution in [0, 0.1) is 0 Å². The van der Waals surface area contributed by atoms with Gasteiger partial charge in [0.25, 0.3) is 0 Å². The normalized spacial score (nSPS) is 21.6. The highest BCUT2D eigenvalue weighted by Crippen LogP contribution is 2.26. The number of carbonyl (C=O) groups is 1. The molecule has 0 aromatic carbocycles. The average molecular weight is 198 g/mol. The Labute approximate surface area is 84.4 Å². The van der Waals surface area contributed by atoms with E-state index in [2.05, 4.69) is 0 Å². The molecule has 0 saturated heterocycles. The van der Waals surface area contributed by atoms with Crippen LogP contribution in [0.15, 0.2) is 11.1 Å². The van der Waals surface area contributed by atoms with Gasteiger partial charge in [-0.25, -0.2) is 0 Å². The second kappa shape index (κ2) is 4.71. The van der Waals surface area contributed by atoms with E-state index >= 15 is 0 Å². The smallest absolute Gasteiger partial charge is 0.159 e. The second-order valence-corrected chi connectivity index (χ2v) is 3.93. The third-order valence-electron chi connectivity index (χ3n) is 2.85. The third kappa shape index (κ3) is 2.42. The predicted octanol–water partition coefficient (Wildman–Crippen LogP) is 1.19. The van der Waals surface area contributed by atoms with Gasteiger partial charge in [-0.2, -0.15) is 0 Å². The number of Topliss-reactive ketones (excluding diaryl/α,β-unsaturated/α-hetero) is 1. The fourth-order valence-electron chi connectivity index (χ4n) is 1.75. The monoisotopic (exact) mass is 198 g/mol. The highest BCUT2D eigenvalue weighted by Gasteiger charge is 2.24. The summed E-state index contributed by atoms with van der Waals surface area (Å²) in [5, 5.41) is 19.0. The van der Waals surface area contributed by atoms with Gasteiger partial charge in [-0.3, -0.25) is 4.79 Å². The summed E-state index contributed by atoms with van der Waals surface area (Å²) < 4.78 is 0. The molecule has 1 rings (SSSR count). The SMILES string of the molecule is CC[C@@H](O)[C@@H](O)CC1=C(C)CCC1=O. The maximum atomic E-state index is 11.4. The minimum atomic E-state index is -0.799. The number of hydrogen-bond donors (Lipinski definition) is 2. The molecular weight excluding hydrogens is 180 g/mol. The predicted molar refractivity (Wildman–Crippen MR) is 53.9 cm³/mol. The van der Waals surface area contributed by atoms with Crippen LogP contribution in [0.4, 0.5) is 0 Å². The number of aliphatic hydroxyl groups excluding tert-OH is 2. The molecule has 3 nitrogen and oxygen atoms in total. The maximum Gasteiger partial charge on any atom is 0.159 e. The molecule has 14 heavy (non-hydrogen) atoms. The zero-order valence-electron chi connectivity index (χ0n) is 8.79. The first-order chi connectivity index (χ1) is 6.56. The van der Waals surface area contributed by atoms with Crippen LogP contribution < -0.4 is 0 Å². The van der Waals surface area contributed by atoms with Crippen LogP contribution in [0.2, 0.25) is 0 Å². The van der Waals surface area contributed by atoms with Crippen molar-refractivity contribution < 1.29 is 15.0 Å². The van der Waals surface area contributed by atoms with Crippen LogP contribution >= 0.6 is 0 Å². The molecule has 2 N–H and O–H groups in total. The van der Waals surface area contributed by atoms with Gasteiger partial charge in [0, 0.05) is 12.8 Å². The molecule has 0 saturated carbocycles. The van der Waals surface area contributed by atoms with Crippen LogP contribution in [-0.4, -0.2) is 28.2 Å². The second-order valence-electron chi connectivity index (χ2n) is 3.93. The van der Waals surface area contributed by atoms with E-state index in [0.717, 1.165) is 17.6 Å². The lowest BCUT2D eigenvalue weighted by molar-refractivity contribution is -0.115. The molecule has 0 radical (unpaired) electrons. The van der Waals surface area contributed by atoms with E-state index in [4.69, 9.17) is 0 Å². The first-order valence-corrected chi connectivity index (χ1v) is 5.14. The molecule has 0 bridgehead atoms. The number of allylic oxidation sites excluding steroid dienone is 1. The van der Waals surface area contributed by atoms with E-state index in [9.17, 15) is 15.0 Å². The molecule has 0 spiro atoms. The van der Waals surface area contributed by atoms with Gasteiger partial charge in [-0.05, 0) is 25.3 Å². The lowest BCUT2D eigenvalue weighted by atomic mass is 10.00. The molecule has 1 aliphatic carbocycles. The minimum absolute atomic E-state index is 0.129. The van der Waals surface area contributed by atoms with E-state index in [0.29, 0.717) is 19.3 Å². The molecule has 3 heteroatoms. The number of rotatable bonds is 4. The minimum Gasteiger partial charge on any atom is -0.390 e. The van der Waals surface area contributed by atoms with Gasteiger partial charge in [0.2, 0.25) is 0 Å². The number of hydrogen-bond acceptors (Lipinski definition) is 3. The van der Waals surface area contributed by atoms with E-state index < -0.39 is 12.2 Å². The van der Waals surface area contributed by atoms with Gasteiger partial charge in [0.1, 0.15) is 0 Å². The Morgan fingerprint density at radius 3 is 2.36 bits per heavy atom. The van der Waals surface area contributed by atoms with E-state index in [1.807, 2.05) is 13.8 Å². The van der Waals surface area contributed by atoms with Crippen molar-refractivity contribution in [3.63, 3.8) is 0 Å². The standard InChI is InChI=1S/C11H18O3/c1-3-9(12)11(14)6-8-7(2)4-5-10(8)13/h9,11-12,14H,3-6H2,1-2H3/t9-,11+/m1/s1. The van der Waals surface area contributed by atoms with E-state index in [1.54, 1.807) is 0 Å². The van der Waals surface area contributed by atoms with Crippen molar-refractivity contribution in [2.45, 2.75) is 51.7 Å². The number of aliphatic hydroxyl groups is 2. The molecule has 0 aliphatic heterocycles. The lowest BCUT2D eigenvalue weighted by Gasteiger charge is -2.16. The Morgan fingerprint density at radius 1 is 1.29 bits per heavy atom. The summed E-state index contributed by atoms with van der Waals surface area (Å²) in [6.07, 6.45) is 0.677. The summed E-state index contributed by atoms with van der Waals surface area (Å²) in [4.78, 5) is 11.4. The summed E-state index contributed by atoms with van der Waals surface area (Å²) in [6, 6.07) is 0. The first-order valence-electron chi connectivity index (χ1n) is 5.14. The summed E-state index contributed by atoms with van der Waals surface area (Å²) in [7, 11) is 0. The largest absolute Gasteiger partial charge is 0.390 e. The molecule has 80 valence electrons. The number of ketones is 1. The maximum absolute atomic E-state index is 11.4. The molecule has 0 aromatic rings. The van der Waals surface area contributed by atoms with Crippen LogP contribution in [0.1, 0.15) is 39.5 Å². The summed E-state index contributed by atoms with van der Waals surface area (Å²) in [5.74, 6) is 0.129. The zero-order chi connectivity index (χ0) is 10.7. The van der Waals surface area contributed by atoms with Gasteiger partial charge >= 0.3 is 0 Å². The Bertz CT molecular complexity index is 255. The molecule has 0 heterocycles. The molecule has 0 fully saturated rings. The van der Waals surface area contributed by atoms with Gasteiger partial charge in [-0.1, -0.05) is 12.5 Å². The molecular formula is C11H18O3. The average Bonchev–Trinajstić information content (AvgIpc) is 2.48. The van der Waals surface area contributed by atoms with Crippen molar-refractivity contribution in [1.82, 2.24) is 0 Å². The Hall–Kier alpha value is -0.670. The molecule has 0 unspecified atom stereocenters. The van der Waals surface area contributed by atoms with E-state index in [1.165, 1.54) is 0 Å². The quantitative estimate of drug-likeness (QED) is 0.713. The topological polar surface area (TPSA) is 57.5 Å². The van der Waals surface area contributed by atoms with Crippen molar-refractivity contribution in [2.24, 2.45) is 0 Å². The van der Waals surface area contributed by atoms with Crippen molar-refractivity contribution in [1.29, 1.82) is 0 Å². The van der Waals surface area contributed by atoms with Crippen molar-refractivity contribution in [2.75, 3.05) is 0 Å². The van der Waals surface area contributed by atoms with E-state index in [-0.39, 0.29) is 5.78 Å². The van der Waals surface area contributed by atoms with Crippen LogP contribution in [-0.2, 0) is 4.79 Å². The Morgan fingerprint density at radius 2 is 1.93 bits per heavy atom. The zero-order valence-corrected chi connectivity index (χ0v) is 8.79.